The van der Waals surface area contributed by atoms with Crippen molar-refractivity contribution >= 4 is 11.4 Å². The van der Waals surface area contributed by atoms with Crippen molar-refractivity contribution in [2.45, 2.75) is 38.2 Å². The Morgan fingerprint density at radius 3 is 2.60 bits per heavy atom. The van der Waals surface area contributed by atoms with E-state index in [2.05, 4.69) is 25.7 Å². The van der Waals surface area contributed by atoms with Crippen LogP contribution in [-0.4, -0.2) is 31.2 Å². The van der Waals surface area contributed by atoms with Gasteiger partial charge in [-0.1, -0.05) is 0 Å². The molecule has 1 aromatic carbocycles. The van der Waals surface area contributed by atoms with E-state index in [0.717, 1.165) is 29.7 Å². The summed E-state index contributed by atoms with van der Waals surface area (Å²) in [5, 5.41) is 19.1. The molecule has 30 heavy (non-hydrogen) atoms. The SMILES string of the molecule is Cc1ncncc1NC(O)Nc1ccc(-n2nc(C(F)(F)F)cc2C2CC2)c(F)c1. The number of nitrogens with zero attached hydrogens (tertiary/aromatic N) is 4. The Morgan fingerprint density at radius 2 is 1.97 bits per heavy atom. The Labute approximate surface area is 168 Å². The first-order chi connectivity index (χ1) is 14.2. The maximum Gasteiger partial charge on any atom is 0.435 e. The zero-order chi connectivity index (χ0) is 21.5. The van der Waals surface area contributed by atoms with Gasteiger partial charge in [0, 0.05) is 17.3 Å². The van der Waals surface area contributed by atoms with Crippen LogP contribution >= 0.6 is 0 Å². The molecular weight excluding hydrogens is 404 g/mol. The number of alkyl halides is 3. The molecule has 3 aromatic rings. The van der Waals surface area contributed by atoms with Crippen LogP contribution in [0, 0.1) is 12.7 Å². The van der Waals surface area contributed by atoms with Crippen molar-refractivity contribution in [3.63, 3.8) is 0 Å². The number of anilines is 2. The summed E-state index contributed by atoms with van der Waals surface area (Å²) < 4.78 is 55.0. The molecule has 0 amide bonds. The summed E-state index contributed by atoms with van der Waals surface area (Å²) in [5.41, 5.74) is 0.517. The molecular formula is C19H18F4N6O. The molecule has 2 aromatic heterocycles. The molecule has 11 heteroatoms. The number of hydrogen-bond donors (Lipinski definition) is 3. The molecule has 1 saturated carbocycles. The number of aromatic nitrogens is 4. The van der Waals surface area contributed by atoms with Crippen molar-refractivity contribution in [3.8, 4) is 5.69 Å². The average molecular weight is 422 g/mol. The van der Waals surface area contributed by atoms with Crippen LogP contribution in [0.3, 0.4) is 0 Å². The molecule has 1 fully saturated rings. The summed E-state index contributed by atoms with van der Waals surface area (Å²) in [6.45, 7) is 1.72. The lowest BCUT2D eigenvalue weighted by Gasteiger charge is -2.18. The second-order valence-electron chi connectivity index (χ2n) is 7.02. The van der Waals surface area contributed by atoms with Gasteiger partial charge in [-0.2, -0.15) is 18.3 Å². The maximum atomic E-state index is 14.7. The first kappa shape index (κ1) is 20.1. The molecule has 1 aliphatic carbocycles. The van der Waals surface area contributed by atoms with E-state index >= 15 is 0 Å². The predicted octanol–water partition coefficient (Wildman–Crippen LogP) is 3.81. The van der Waals surface area contributed by atoms with Gasteiger partial charge >= 0.3 is 6.18 Å². The minimum absolute atomic E-state index is 0.0619. The Balaban J connectivity index is 1.55. The van der Waals surface area contributed by atoms with E-state index in [0.29, 0.717) is 17.1 Å². The van der Waals surface area contributed by atoms with Crippen LogP contribution in [0.1, 0.15) is 35.8 Å². The standard InChI is InChI=1S/C19H18F4N6O/c1-10-14(8-24-9-25-10)27-18(30)26-12-4-5-15(13(20)6-12)29-16(11-2-3-11)7-17(28-29)19(21,22)23/h4-9,11,18,26-27,30H,2-3H2,1H3. The van der Waals surface area contributed by atoms with Gasteiger partial charge in [0.05, 0.1) is 17.6 Å². The summed E-state index contributed by atoms with van der Waals surface area (Å²) in [5.74, 6) is -0.835. The predicted molar refractivity (Wildman–Crippen MR) is 101 cm³/mol. The lowest BCUT2D eigenvalue weighted by atomic mass is 10.2. The van der Waals surface area contributed by atoms with Crippen LogP contribution < -0.4 is 10.6 Å². The van der Waals surface area contributed by atoms with Gasteiger partial charge in [0.15, 0.2) is 11.5 Å². The van der Waals surface area contributed by atoms with Gasteiger partial charge in [0.25, 0.3) is 0 Å². The van der Waals surface area contributed by atoms with Crippen molar-refractivity contribution < 1.29 is 22.7 Å². The third kappa shape index (κ3) is 4.20. The van der Waals surface area contributed by atoms with E-state index < -0.39 is 24.0 Å². The van der Waals surface area contributed by atoms with Crippen molar-refractivity contribution in [2.24, 2.45) is 0 Å². The summed E-state index contributed by atoms with van der Waals surface area (Å²) in [4.78, 5) is 7.83. The average Bonchev–Trinajstić information content (AvgIpc) is 3.41. The normalized spacial score (nSPS) is 15.1. The Kier molecular flexibility index (Phi) is 5.06. The van der Waals surface area contributed by atoms with Gasteiger partial charge in [0.1, 0.15) is 12.0 Å². The van der Waals surface area contributed by atoms with Gasteiger partial charge in [-0.15, -0.1) is 0 Å². The van der Waals surface area contributed by atoms with Crippen molar-refractivity contribution in [2.75, 3.05) is 10.6 Å². The highest BCUT2D eigenvalue weighted by molar-refractivity contribution is 5.53. The number of benzene rings is 1. The first-order valence-corrected chi connectivity index (χ1v) is 9.17. The van der Waals surface area contributed by atoms with E-state index in [1.165, 1.54) is 24.7 Å². The Hall–Kier alpha value is -3.21. The topological polar surface area (TPSA) is 87.9 Å². The fraction of sp³-hybridized carbons (Fsp3) is 0.316. The third-order valence-corrected chi connectivity index (χ3v) is 4.71. The minimum Gasteiger partial charge on any atom is -0.357 e. The van der Waals surface area contributed by atoms with Crippen molar-refractivity contribution in [3.05, 3.63) is 59.7 Å². The van der Waals surface area contributed by atoms with Gasteiger partial charge < -0.3 is 15.7 Å². The summed E-state index contributed by atoms with van der Waals surface area (Å²) in [6, 6.07) is 4.82. The quantitative estimate of drug-likeness (QED) is 0.414. The number of hydrogen-bond acceptors (Lipinski definition) is 6. The largest absolute Gasteiger partial charge is 0.435 e. The van der Waals surface area contributed by atoms with Crippen molar-refractivity contribution in [1.82, 2.24) is 19.7 Å². The third-order valence-electron chi connectivity index (χ3n) is 4.71. The molecule has 1 unspecified atom stereocenters. The Bertz CT molecular complexity index is 1060. The van der Waals surface area contributed by atoms with Crippen LogP contribution in [0.15, 0.2) is 36.8 Å². The Morgan fingerprint density at radius 1 is 1.20 bits per heavy atom. The second kappa shape index (κ2) is 7.56. The highest BCUT2D eigenvalue weighted by atomic mass is 19.4. The summed E-state index contributed by atoms with van der Waals surface area (Å²) in [6.07, 6.45) is -1.56. The molecule has 4 rings (SSSR count). The fourth-order valence-electron chi connectivity index (χ4n) is 3.04. The zero-order valence-electron chi connectivity index (χ0n) is 15.8. The van der Waals surface area contributed by atoms with Crippen LogP contribution in [0.25, 0.3) is 5.69 Å². The summed E-state index contributed by atoms with van der Waals surface area (Å²) >= 11 is 0. The van der Waals surface area contributed by atoms with E-state index in [1.807, 2.05) is 0 Å². The molecule has 0 bridgehead atoms. The number of nitrogens with one attached hydrogen (secondary N) is 2. The van der Waals surface area contributed by atoms with Gasteiger partial charge in [-0.3, -0.25) is 0 Å². The van der Waals surface area contributed by atoms with Gasteiger partial charge in [-0.25, -0.2) is 19.0 Å². The molecule has 1 atom stereocenters. The molecule has 0 spiro atoms. The van der Waals surface area contributed by atoms with E-state index in [9.17, 15) is 22.7 Å². The maximum absolute atomic E-state index is 14.7. The number of rotatable bonds is 6. The van der Waals surface area contributed by atoms with Gasteiger partial charge in [-0.05, 0) is 44.0 Å². The molecule has 7 nitrogen and oxygen atoms in total. The smallest absolute Gasteiger partial charge is 0.357 e. The van der Waals surface area contributed by atoms with E-state index in [4.69, 9.17) is 0 Å². The second-order valence-corrected chi connectivity index (χ2v) is 7.02. The van der Waals surface area contributed by atoms with Crippen molar-refractivity contribution in [1.29, 1.82) is 0 Å². The highest BCUT2D eigenvalue weighted by Gasteiger charge is 2.38. The molecule has 2 heterocycles. The lowest BCUT2D eigenvalue weighted by molar-refractivity contribution is -0.141. The number of aliphatic hydroxyl groups excluding tert-OH is 1. The molecule has 1 aliphatic rings. The van der Waals surface area contributed by atoms with Crippen LogP contribution in [0.5, 0.6) is 0 Å². The van der Waals surface area contributed by atoms with Gasteiger partial charge in [0.2, 0.25) is 6.35 Å². The molecule has 0 aliphatic heterocycles. The van der Waals surface area contributed by atoms with Crippen LogP contribution in [-0.2, 0) is 6.18 Å². The number of aryl methyl sites for hydroxylation is 1. The fourth-order valence-corrected chi connectivity index (χ4v) is 3.04. The zero-order valence-corrected chi connectivity index (χ0v) is 15.8. The molecule has 0 radical (unpaired) electrons. The minimum atomic E-state index is -4.61. The van der Waals surface area contributed by atoms with E-state index in [-0.39, 0.29) is 17.3 Å². The number of aliphatic hydroxyl groups is 1. The lowest BCUT2D eigenvalue weighted by Crippen LogP contribution is -2.28. The van der Waals surface area contributed by atoms with Crippen LogP contribution in [0.2, 0.25) is 0 Å². The molecule has 0 saturated heterocycles. The highest BCUT2D eigenvalue weighted by Crippen LogP contribution is 2.43. The van der Waals surface area contributed by atoms with E-state index in [1.54, 1.807) is 6.92 Å². The molecule has 3 N–H and O–H groups in total. The van der Waals surface area contributed by atoms with Crippen LogP contribution in [0.4, 0.5) is 28.9 Å². The first-order valence-electron chi connectivity index (χ1n) is 9.17. The number of halogens is 4. The monoisotopic (exact) mass is 422 g/mol. The summed E-state index contributed by atoms with van der Waals surface area (Å²) in [7, 11) is 0. The molecule has 158 valence electrons.